The molecule has 2 aliphatic heterocycles. The highest BCUT2D eigenvalue weighted by Gasteiger charge is 2.24. The Morgan fingerprint density at radius 1 is 0.724 bits per heavy atom. The van der Waals surface area contributed by atoms with Gasteiger partial charge in [-0.1, -0.05) is 6.07 Å². The number of fused-ring (bicyclic) bond motifs is 3. The Labute approximate surface area is 172 Å². The lowest BCUT2D eigenvalue weighted by atomic mass is 9.84. The summed E-state index contributed by atoms with van der Waals surface area (Å²) in [6.07, 6.45) is 3.01. The van der Waals surface area contributed by atoms with Crippen molar-refractivity contribution in [3.8, 4) is 22.6 Å². The highest BCUT2D eigenvalue weighted by Crippen LogP contribution is 2.37. The van der Waals surface area contributed by atoms with Gasteiger partial charge in [0.05, 0.1) is 0 Å². The fourth-order valence-electron chi connectivity index (χ4n) is 4.21. The first-order valence-electron chi connectivity index (χ1n) is 10.8. The maximum atomic E-state index is 12.8. The van der Waals surface area contributed by atoms with Crippen molar-refractivity contribution in [1.82, 2.24) is 9.80 Å². The molecule has 0 bridgehead atoms. The van der Waals surface area contributed by atoms with Crippen molar-refractivity contribution in [2.24, 2.45) is 0 Å². The number of hydrogen-bond donors (Lipinski definition) is 0. The number of Topliss-reactive ketones (excluding diaryl/α,β-unsaturated/α-hetero) is 1. The maximum Gasteiger partial charge on any atom is 0.168 e. The molecule has 3 aliphatic rings. The van der Waals surface area contributed by atoms with Gasteiger partial charge in [0.2, 0.25) is 0 Å². The average molecular weight is 392 g/mol. The highest BCUT2D eigenvalue weighted by molar-refractivity contribution is 6.07. The highest BCUT2D eigenvalue weighted by atomic mass is 16.5. The summed E-state index contributed by atoms with van der Waals surface area (Å²) in [5, 5.41) is 0. The molecule has 29 heavy (non-hydrogen) atoms. The van der Waals surface area contributed by atoms with Crippen LogP contribution in [-0.4, -0.2) is 68.1 Å². The topological polar surface area (TPSA) is 42.0 Å². The van der Waals surface area contributed by atoms with Crippen LogP contribution in [0.4, 0.5) is 0 Å². The Hall–Kier alpha value is -2.37. The van der Waals surface area contributed by atoms with Gasteiger partial charge in [0.25, 0.3) is 0 Å². The third-order valence-corrected chi connectivity index (χ3v) is 6.26. The smallest absolute Gasteiger partial charge is 0.168 e. The maximum absolute atomic E-state index is 12.8. The van der Waals surface area contributed by atoms with Crippen molar-refractivity contribution < 1.29 is 14.3 Å². The molecule has 2 heterocycles. The number of rotatable bonds is 8. The van der Waals surface area contributed by atoms with E-state index >= 15 is 0 Å². The summed E-state index contributed by atoms with van der Waals surface area (Å²) in [6.45, 7) is 8.00. The largest absolute Gasteiger partial charge is 0.492 e. The summed E-state index contributed by atoms with van der Waals surface area (Å²) in [6, 6.07) is 12.1. The molecular formula is C24H28N2O3. The minimum Gasteiger partial charge on any atom is -0.492 e. The molecule has 0 saturated carbocycles. The van der Waals surface area contributed by atoms with Crippen LogP contribution in [0, 0.1) is 0 Å². The van der Waals surface area contributed by atoms with Crippen LogP contribution in [0.25, 0.3) is 11.1 Å². The second-order valence-electron chi connectivity index (χ2n) is 8.21. The quantitative estimate of drug-likeness (QED) is 0.690. The van der Waals surface area contributed by atoms with Gasteiger partial charge in [0.15, 0.2) is 5.78 Å². The fourth-order valence-corrected chi connectivity index (χ4v) is 4.21. The second kappa shape index (κ2) is 8.17. The molecule has 152 valence electrons. The summed E-state index contributed by atoms with van der Waals surface area (Å²) >= 11 is 0. The van der Waals surface area contributed by atoms with Crippen LogP contribution in [0.5, 0.6) is 11.5 Å². The first-order chi connectivity index (χ1) is 14.3. The lowest BCUT2D eigenvalue weighted by Crippen LogP contribution is -2.39. The molecule has 2 saturated heterocycles. The Balaban J connectivity index is 1.26. The van der Waals surface area contributed by atoms with Crippen LogP contribution in [-0.2, 0) is 6.42 Å². The van der Waals surface area contributed by atoms with Crippen molar-refractivity contribution in [1.29, 1.82) is 0 Å². The standard InChI is InChI=1S/C24H28N2O3/c27-24-16-18-15-19(28-13-11-25-7-1-8-25)3-5-21(18)22-6-4-20(17-23(22)24)29-14-12-26-9-2-10-26/h3-6,15,17H,1-2,7-14,16H2. The summed E-state index contributed by atoms with van der Waals surface area (Å²) in [4.78, 5) is 17.6. The lowest BCUT2D eigenvalue weighted by Gasteiger charge is -2.30. The average Bonchev–Trinajstić information content (AvgIpc) is 2.66. The number of nitrogens with zero attached hydrogens (tertiary/aromatic N) is 2. The molecule has 0 spiro atoms. The van der Waals surface area contributed by atoms with E-state index in [1.54, 1.807) is 0 Å². The second-order valence-corrected chi connectivity index (χ2v) is 8.21. The SMILES string of the molecule is O=C1Cc2cc(OCCN3CCC3)ccc2-c2ccc(OCCN3CCC3)cc21. The van der Waals surface area contributed by atoms with E-state index in [9.17, 15) is 4.79 Å². The van der Waals surface area contributed by atoms with Gasteiger partial charge in [-0.2, -0.15) is 0 Å². The first kappa shape index (κ1) is 18.6. The summed E-state index contributed by atoms with van der Waals surface area (Å²) in [5.74, 6) is 1.79. The van der Waals surface area contributed by atoms with E-state index in [1.807, 2.05) is 30.3 Å². The molecule has 5 nitrogen and oxygen atoms in total. The normalized spacial score (nSPS) is 18.4. The molecule has 0 aromatic heterocycles. The molecular weight excluding hydrogens is 364 g/mol. The van der Waals surface area contributed by atoms with Gasteiger partial charge in [-0.3, -0.25) is 14.6 Å². The lowest BCUT2D eigenvalue weighted by molar-refractivity contribution is 0.0991. The van der Waals surface area contributed by atoms with Crippen LogP contribution in [0.2, 0.25) is 0 Å². The molecule has 2 aromatic carbocycles. The zero-order valence-corrected chi connectivity index (χ0v) is 16.9. The summed E-state index contributed by atoms with van der Waals surface area (Å²) < 4.78 is 11.8. The number of ether oxygens (including phenoxy) is 2. The molecule has 0 amide bonds. The zero-order valence-electron chi connectivity index (χ0n) is 16.9. The van der Waals surface area contributed by atoms with E-state index in [-0.39, 0.29) is 5.78 Å². The van der Waals surface area contributed by atoms with Gasteiger partial charge in [-0.15, -0.1) is 0 Å². The molecule has 0 unspecified atom stereocenters. The number of hydrogen-bond acceptors (Lipinski definition) is 5. The van der Waals surface area contributed by atoms with E-state index < -0.39 is 0 Å². The van der Waals surface area contributed by atoms with Crippen LogP contribution in [0.15, 0.2) is 36.4 Å². The minimum atomic E-state index is 0.151. The molecule has 0 radical (unpaired) electrons. The van der Waals surface area contributed by atoms with Crippen LogP contribution in [0.1, 0.15) is 28.8 Å². The number of carbonyl (C=O) groups excluding carboxylic acids is 1. The predicted octanol–water partition coefficient (Wildman–Crippen LogP) is 3.26. The molecule has 5 heteroatoms. The third-order valence-electron chi connectivity index (χ3n) is 6.26. The summed E-state index contributed by atoms with van der Waals surface area (Å²) in [5.41, 5.74) is 3.95. The van der Waals surface area contributed by atoms with Gasteiger partial charge in [-0.05, 0) is 86.0 Å². The Morgan fingerprint density at radius 3 is 1.90 bits per heavy atom. The van der Waals surface area contributed by atoms with Crippen LogP contribution in [0.3, 0.4) is 0 Å². The van der Waals surface area contributed by atoms with Crippen molar-refractivity contribution in [2.45, 2.75) is 19.3 Å². The molecule has 2 fully saturated rings. The minimum absolute atomic E-state index is 0.151. The van der Waals surface area contributed by atoms with Gasteiger partial charge < -0.3 is 9.47 Å². The Kier molecular flexibility index (Phi) is 5.25. The number of ketones is 1. The zero-order chi connectivity index (χ0) is 19.6. The first-order valence-corrected chi connectivity index (χ1v) is 10.8. The van der Waals surface area contributed by atoms with E-state index in [0.717, 1.165) is 46.8 Å². The predicted molar refractivity (Wildman–Crippen MR) is 113 cm³/mol. The van der Waals surface area contributed by atoms with Gasteiger partial charge in [0, 0.05) is 25.1 Å². The number of benzene rings is 2. The molecule has 1 aliphatic carbocycles. The summed E-state index contributed by atoms with van der Waals surface area (Å²) in [7, 11) is 0. The number of likely N-dealkylation sites (tertiary alicyclic amines) is 2. The van der Waals surface area contributed by atoms with Crippen LogP contribution < -0.4 is 9.47 Å². The van der Waals surface area contributed by atoms with Gasteiger partial charge in [0.1, 0.15) is 24.7 Å². The van der Waals surface area contributed by atoms with Crippen LogP contribution >= 0.6 is 0 Å². The van der Waals surface area contributed by atoms with E-state index in [4.69, 9.17) is 9.47 Å². The van der Waals surface area contributed by atoms with E-state index in [0.29, 0.717) is 19.6 Å². The third kappa shape index (κ3) is 4.02. The fraction of sp³-hybridized carbons (Fsp3) is 0.458. The van der Waals surface area contributed by atoms with Crippen molar-refractivity contribution >= 4 is 5.78 Å². The Bertz CT molecular complexity index is 903. The van der Waals surface area contributed by atoms with E-state index in [2.05, 4.69) is 15.9 Å². The van der Waals surface area contributed by atoms with Crippen molar-refractivity contribution in [3.05, 3.63) is 47.5 Å². The molecule has 0 atom stereocenters. The van der Waals surface area contributed by atoms with Gasteiger partial charge in [-0.25, -0.2) is 0 Å². The van der Waals surface area contributed by atoms with E-state index in [1.165, 1.54) is 39.0 Å². The van der Waals surface area contributed by atoms with Crippen molar-refractivity contribution in [3.63, 3.8) is 0 Å². The molecule has 5 rings (SSSR count). The molecule has 2 aromatic rings. The Morgan fingerprint density at radius 2 is 1.31 bits per heavy atom. The van der Waals surface area contributed by atoms with Gasteiger partial charge >= 0.3 is 0 Å². The van der Waals surface area contributed by atoms with Crippen molar-refractivity contribution in [2.75, 3.05) is 52.5 Å². The number of carbonyl (C=O) groups is 1. The molecule has 0 N–H and O–H groups in total. The monoisotopic (exact) mass is 392 g/mol.